The Kier molecular flexibility index (Phi) is 4.74. The van der Waals surface area contributed by atoms with Gasteiger partial charge in [0.2, 0.25) is 0 Å². The second kappa shape index (κ2) is 6.73. The highest BCUT2D eigenvalue weighted by molar-refractivity contribution is 6.31. The molecule has 2 aromatic rings. The number of Topliss-reactive ketones (excluding diaryl/α,β-unsaturated/α-hetero) is 1. The zero-order valence-electron chi connectivity index (χ0n) is 10.4. The normalized spacial score (nSPS) is 10.7. The molecule has 1 aromatic heterocycles. The first-order chi connectivity index (χ1) is 9.65. The minimum atomic E-state index is -0.614. The van der Waals surface area contributed by atoms with Crippen molar-refractivity contribution < 1.29 is 18.7 Å². The summed E-state index contributed by atoms with van der Waals surface area (Å²) in [5.74, 6) is -0.396. The number of ketones is 1. The highest BCUT2D eigenvalue weighted by Gasteiger charge is 2.08. The van der Waals surface area contributed by atoms with E-state index in [0.717, 1.165) is 0 Å². The van der Waals surface area contributed by atoms with Gasteiger partial charge in [-0.25, -0.2) is 4.79 Å². The van der Waals surface area contributed by atoms with Crippen molar-refractivity contribution in [3.63, 3.8) is 0 Å². The van der Waals surface area contributed by atoms with Crippen molar-refractivity contribution in [3.8, 4) is 0 Å². The van der Waals surface area contributed by atoms with Gasteiger partial charge in [-0.2, -0.15) is 0 Å². The van der Waals surface area contributed by atoms with Crippen LogP contribution < -0.4 is 0 Å². The molecule has 4 nitrogen and oxygen atoms in total. The van der Waals surface area contributed by atoms with Crippen molar-refractivity contribution in [1.82, 2.24) is 0 Å². The molecule has 0 aliphatic heterocycles. The van der Waals surface area contributed by atoms with Crippen molar-refractivity contribution in [3.05, 3.63) is 65.1 Å². The number of hydrogen-bond acceptors (Lipinski definition) is 4. The fraction of sp³-hybridized carbons (Fsp3) is 0.0667. The first kappa shape index (κ1) is 14.1. The van der Waals surface area contributed by atoms with Gasteiger partial charge in [0.1, 0.15) is 5.76 Å². The number of halogens is 1. The number of carbonyl (C=O) groups is 2. The molecule has 5 heteroatoms. The Balaban J connectivity index is 1.86. The molecule has 0 saturated heterocycles. The summed E-state index contributed by atoms with van der Waals surface area (Å²) in [7, 11) is 0. The molecule has 0 aliphatic carbocycles. The van der Waals surface area contributed by atoms with E-state index < -0.39 is 5.97 Å². The molecule has 0 N–H and O–H groups in total. The number of hydrogen-bond donors (Lipinski definition) is 0. The summed E-state index contributed by atoms with van der Waals surface area (Å²) in [6.45, 7) is -0.332. The molecule has 1 aromatic carbocycles. The molecule has 0 radical (unpaired) electrons. The lowest BCUT2D eigenvalue weighted by atomic mass is 10.1. The standard InChI is InChI=1S/C15H11ClO4/c16-12-4-1-3-11(9-12)14(17)10-20-15(18)7-6-13-5-2-8-19-13/h1-9H,10H2/b7-6+. The molecule has 1 heterocycles. The van der Waals surface area contributed by atoms with Crippen LogP contribution in [0.1, 0.15) is 16.1 Å². The summed E-state index contributed by atoms with van der Waals surface area (Å²) in [6.07, 6.45) is 4.16. The average Bonchev–Trinajstić information content (AvgIpc) is 2.95. The van der Waals surface area contributed by atoms with E-state index in [-0.39, 0.29) is 12.4 Å². The molecule has 0 unspecified atom stereocenters. The Morgan fingerprint density at radius 2 is 2.10 bits per heavy atom. The first-order valence-corrected chi connectivity index (χ1v) is 6.20. The predicted octanol–water partition coefficient (Wildman–Crippen LogP) is 3.37. The fourth-order valence-corrected chi connectivity index (χ4v) is 1.66. The van der Waals surface area contributed by atoms with E-state index in [1.54, 1.807) is 30.3 Å². The third-order valence-corrected chi connectivity index (χ3v) is 2.65. The molecule has 0 fully saturated rings. The molecular formula is C15H11ClO4. The van der Waals surface area contributed by atoms with Crippen molar-refractivity contribution in [2.45, 2.75) is 0 Å². The maximum absolute atomic E-state index is 11.8. The van der Waals surface area contributed by atoms with Gasteiger partial charge in [-0.05, 0) is 30.3 Å². The van der Waals surface area contributed by atoms with Gasteiger partial charge in [-0.3, -0.25) is 4.79 Å². The maximum Gasteiger partial charge on any atom is 0.331 e. The Morgan fingerprint density at radius 1 is 1.25 bits per heavy atom. The van der Waals surface area contributed by atoms with E-state index in [9.17, 15) is 9.59 Å². The van der Waals surface area contributed by atoms with Crippen molar-refractivity contribution in [2.75, 3.05) is 6.61 Å². The van der Waals surface area contributed by atoms with Crippen LogP contribution in [0, 0.1) is 0 Å². The minimum absolute atomic E-state index is 0.313. The quantitative estimate of drug-likeness (QED) is 0.481. The minimum Gasteiger partial charge on any atom is -0.465 e. The van der Waals surface area contributed by atoms with Gasteiger partial charge in [0, 0.05) is 16.7 Å². The molecule has 0 atom stereocenters. The summed E-state index contributed by atoms with van der Waals surface area (Å²) in [5.41, 5.74) is 0.403. The molecule has 20 heavy (non-hydrogen) atoms. The number of esters is 1. The molecule has 2 rings (SSSR count). The number of ether oxygens (including phenoxy) is 1. The van der Waals surface area contributed by atoms with Gasteiger partial charge < -0.3 is 9.15 Å². The van der Waals surface area contributed by atoms with Crippen LogP contribution in [0.4, 0.5) is 0 Å². The zero-order chi connectivity index (χ0) is 14.4. The number of carbonyl (C=O) groups excluding carboxylic acids is 2. The van der Waals surface area contributed by atoms with Gasteiger partial charge >= 0.3 is 5.97 Å². The van der Waals surface area contributed by atoms with Crippen molar-refractivity contribution >= 4 is 29.4 Å². The molecule has 0 saturated carbocycles. The zero-order valence-corrected chi connectivity index (χ0v) is 11.2. The average molecular weight is 291 g/mol. The first-order valence-electron chi connectivity index (χ1n) is 5.82. The van der Waals surface area contributed by atoms with Crippen molar-refractivity contribution in [2.24, 2.45) is 0 Å². The van der Waals surface area contributed by atoms with E-state index in [4.69, 9.17) is 20.8 Å². The summed E-state index contributed by atoms with van der Waals surface area (Å²) < 4.78 is 9.85. The summed E-state index contributed by atoms with van der Waals surface area (Å²) in [5, 5.41) is 0.458. The fourth-order valence-electron chi connectivity index (χ4n) is 1.47. The molecule has 102 valence electrons. The SMILES string of the molecule is O=C(/C=C/c1ccco1)OCC(=O)c1cccc(Cl)c1. The van der Waals surface area contributed by atoms with Gasteiger partial charge in [0.05, 0.1) is 6.26 Å². The lowest BCUT2D eigenvalue weighted by Gasteiger charge is -2.02. The van der Waals surface area contributed by atoms with Crippen LogP contribution in [0.5, 0.6) is 0 Å². The highest BCUT2D eigenvalue weighted by Crippen LogP contribution is 2.11. The topological polar surface area (TPSA) is 56.5 Å². The van der Waals surface area contributed by atoms with Crippen LogP contribution in [0.3, 0.4) is 0 Å². The number of benzene rings is 1. The monoisotopic (exact) mass is 290 g/mol. The molecular weight excluding hydrogens is 280 g/mol. The van der Waals surface area contributed by atoms with Crippen LogP contribution in [0.15, 0.2) is 53.2 Å². The Morgan fingerprint density at radius 3 is 2.80 bits per heavy atom. The summed E-state index contributed by atoms with van der Waals surface area (Å²) in [6, 6.07) is 9.86. The molecule has 0 amide bonds. The maximum atomic E-state index is 11.8. The van der Waals surface area contributed by atoms with E-state index in [0.29, 0.717) is 16.3 Å². The van der Waals surface area contributed by atoms with Crippen LogP contribution in [0.2, 0.25) is 5.02 Å². The van der Waals surface area contributed by atoms with Gasteiger partial charge in [0.15, 0.2) is 12.4 Å². The van der Waals surface area contributed by atoms with E-state index in [1.807, 2.05) is 0 Å². The third kappa shape index (κ3) is 4.10. The molecule has 0 bridgehead atoms. The lowest BCUT2D eigenvalue weighted by molar-refractivity contribution is -0.136. The van der Waals surface area contributed by atoms with Crippen LogP contribution >= 0.6 is 11.6 Å². The van der Waals surface area contributed by atoms with Crippen LogP contribution in [0.25, 0.3) is 6.08 Å². The third-order valence-electron chi connectivity index (χ3n) is 2.42. The Bertz CT molecular complexity index is 629. The lowest BCUT2D eigenvalue weighted by Crippen LogP contribution is -2.12. The number of rotatable bonds is 5. The van der Waals surface area contributed by atoms with Gasteiger partial charge in [0.25, 0.3) is 0 Å². The van der Waals surface area contributed by atoms with Crippen molar-refractivity contribution in [1.29, 1.82) is 0 Å². The Labute approximate surface area is 120 Å². The highest BCUT2D eigenvalue weighted by atomic mass is 35.5. The second-order valence-electron chi connectivity index (χ2n) is 3.89. The summed E-state index contributed by atoms with van der Waals surface area (Å²) in [4.78, 5) is 23.2. The van der Waals surface area contributed by atoms with E-state index in [1.165, 1.54) is 24.5 Å². The Hall–Kier alpha value is -2.33. The number of furan rings is 1. The second-order valence-corrected chi connectivity index (χ2v) is 4.33. The van der Waals surface area contributed by atoms with Gasteiger partial charge in [-0.15, -0.1) is 0 Å². The molecule has 0 aliphatic rings. The smallest absolute Gasteiger partial charge is 0.331 e. The van der Waals surface area contributed by atoms with E-state index in [2.05, 4.69) is 0 Å². The largest absolute Gasteiger partial charge is 0.465 e. The predicted molar refractivity (Wildman–Crippen MR) is 74.5 cm³/mol. The summed E-state index contributed by atoms with van der Waals surface area (Å²) >= 11 is 5.78. The van der Waals surface area contributed by atoms with Gasteiger partial charge in [-0.1, -0.05) is 23.7 Å². The van der Waals surface area contributed by atoms with E-state index >= 15 is 0 Å². The van der Waals surface area contributed by atoms with Crippen LogP contribution in [-0.4, -0.2) is 18.4 Å². The molecule has 0 spiro atoms. The van der Waals surface area contributed by atoms with Crippen LogP contribution in [-0.2, 0) is 9.53 Å².